The van der Waals surface area contributed by atoms with Crippen molar-refractivity contribution in [1.82, 2.24) is 41.0 Å². The number of fused-ring (bicyclic) bond motifs is 1. The molecule has 22 heteroatoms. The van der Waals surface area contributed by atoms with Crippen LogP contribution in [0.1, 0.15) is 56.5 Å². The van der Waals surface area contributed by atoms with Crippen molar-refractivity contribution in [3.05, 3.63) is 104 Å². The van der Waals surface area contributed by atoms with Gasteiger partial charge in [-0.3, -0.25) is 38.3 Å². The van der Waals surface area contributed by atoms with Crippen molar-refractivity contribution < 1.29 is 53.3 Å². The normalized spacial score (nSPS) is 20.7. The molecule has 2 aromatic carbocycles. The molecule has 0 aliphatic carbocycles. The van der Waals surface area contributed by atoms with E-state index in [1.54, 1.807) is 38.1 Å². The number of aromatic hydroxyl groups is 2. The van der Waals surface area contributed by atoms with Gasteiger partial charge in [0.1, 0.15) is 41.5 Å². The van der Waals surface area contributed by atoms with Crippen LogP contribution in [0.2, 0.25) is 0 Å². The Morgan fingerprint density at radius 1 is 1.02 bits per heavy atom. The smallest absolute Gasteiger partial charge is 0.331 e. The molecule has 21 nitrogen and oxygen atoms in total. The molecule has 3 heterocycles. The number of carboxylic acid groups (broad SMARTS) is 1. The highest BCUT2D eigenvalue weighted by molar-refractivity contribution is 7.84. The fourth-order valence-electron chi connectivity index (χ4n) is 7.56. The van der Waals surface area contributed by atoms with Crippen LogP contribution in [0.3, 0.4) is 0 Å². The monoisotopic (exact) mass is 896 g/mol. The van der Waals surface area contributed by atoms with Crippen LogP contribution in [0.25, 0.3) is 0 Å². The molecule has 8 unspecified atom stereocenters. The number of H-pyrrole nitrogens is 1. The van der Waals surface area contributed by atoms with Crippen LogP contribution in [0, 0.1) is 0 Å². The first-order valence-electron chi connectivity index (χ1n) is 19.8. The number of rotatable bonds is 16. The number of benzene rings is 2. The van der Waals surface area contributed by atoms with E-state index < -0.39 is 99.9 Å². The Bertz CT molecular complexity index is 2400. The molecule has 10 N–H and O–H groups in total. The van der Waals surface area contributed by atoms with Crippen LogP contribution in [0.15, 0.2) is 76.3 Å². The minimum atomic E-state index is -1.57. The molecular weight excluding hydrogens is 845 g/mol. The minimum Gasteiger partial charge on any atom is -0.508 e. The van der Waals surface area contributed by atoms with Gasteiger partial charge in [0.25, 0.3) is 5.56 Å². The second-order valence-corrected chi connectivity index (χ2v) is 17.5. The van der Waals surface area contributed by atoms with Gasteiger partial charge in [-0.2, -0.15) is 0 Å². The lowest BCUT2D eigenvalue weighted by Crippen LogP contribution is -2.63. The van der Waals surface area contributed by atoms with E-state index in [9.17, 15) is 58.2 Å². The van der Waals surface area contributed by atoms with Crippen molar-refractivity contribution in [2.45, 2.75) is 94.5 Å². The van der Waals surface area contributed by atoms with Gasteiger partial charge in [-0.25, -0.2) is 14.4 Å². The molecule has 8 atom stereocenters. The van der Waals surface area contributed by atoms with Crippen molar-refractivity contribution >= 4 is 40.5 Å². The number of urea groups is 1. The predicted octanol–water partition coefficient (Wildman–Crippen LogP) is -0.901. The zero-order chi connectivity index (χ0) is 46.3. The Hall–Kier alpha value is -6.52. The summed E-state index contributed by atoms with van der Waals surface area (Å²) in [6.45, 7) is 5.10. The van der Waals surface area contributed by atoms with Gasteiger partial charge in [0.05, 0.1) is 12.1 Å². The van der Waals surface area contributed by atoms with Crippen molar-refractivity contribution in [3.63, 3.8) is 0 Å². The van der Waals surface area contributed by atoms with Crippen LogP contribution in [0.5, 0.6) is 11.5 Å². The summed E-state index contributed by atoms with van der Waals surface area (Å²) in [4.78, 5) is 95.2. The molecule has 5 rings (SSSR count). The number of ether oxygens (including phenoxy) is 1. The van der Waals surface area contributed by atoms with Crippen molar-refractivity contribution in [1.29, 1.82) is 0 Å². The molecule has 0 saturated carbocycles. The van der Waals surface area contributed by atoms with Crippen molar-refractivity contribution in [2.75, 3.05) is 19.1 Å². The second-order valence-electron chi connectivity index (χ2n) is 15.9. The molecule has 1 saturated heterocycles. The molecule has 0 spiro atoms. The maximum atomic E-state index is 14.2. The minimum absolute atomic E-state index is 0.0111. The number of phenols is 2. The van der Waals surface area contributed by atoms with E-state index in [4.69, 9.17) is 4.74 Å². The highest BCUT2D eigenvalue weighted by Gasteiger charge is 2.41. The van der Waals surface area contributed by atoms with E-state index in [2.05, 4.69) is 31.6 Å². The van der Waals surface area contributed by atoms with Gasteiger partial charge in [-0.1, -0.05) is 24.3 Å². The summed E-state index contributed by atoms with van der Waals surface area (Å²) in [5.41, 5.74) is -0.635. The molecule has 63 heavy (non-hydrogen) atoms. The lowest BCUT2D eigenvalue weighted by atomic mass is 9.81. The van der Waals surface area contributed by atoms with Crippen LogP contribution >= 0.6 is 0 Å². The molecule has 3 aromatic rings. The summed E-state index contributed by atoms with van der Waals surface area (Å²) < 4.78 is 18.9. The Balaban J connectivity index is 1.39. The highest BCUT2D eigenvalue weighted by Crippen LogP contribution is 2.37. The van der Waals surface area contributed by atoms with Crippen LogP contribution < -0.4 is 37.8 Å². The number of carbonyl (C=O) groups is 5. The van der Waals surface area contributed by atoms with Gasteiger partial charge in [-0.05, 0) is 62.9 Å². The largest absolute Gasteiger partial charge is 0.508 e. The second kappa shape index (κ2) is 20.1. The average molecular weight is 897 g/mol. The van der Waals surface area contributed by atoms with E-state index in [0.717, 1.165) is 28.6 Å². The molecule has 340 valence electrons. The summed E-state index contributed by atoms with van der Waals surface area (Å²) in [5, 5.41) is 54.1. The van der Waals surface area contributed by atoms with Gasteiger partial charge in [-0.15, -0.1) is 0 Å². The zero-order valence-electron chi connectivity index (χ0n) is 35.1. The summed E-state index contributed by atoms with van der Waals surface area (Å²) >= 11 is 0. The molecule has 2 aliphatic heterocycles. The molecule has 2 aliphatic rings. The Morgan fingerprint density at radius 2 is 1.71 bits per heavy atom. The lowest BCUT2D eigenvalue weighted by molar-refractivity contribution is -0.139. The number of nitrogens with zero attached hydrogens (tertiary/aromatic N) is 2. The molecule has 1 aromatic heterocycles. The Morgan fingerprint density at radius 3 is 2.38 bits per heavy atom. The number of aliphatic hydroxyl groups excluding tert-OH is 1. The van der Waals surface area contributed by atoms with Crippen molar-refractivity contribution in [3.8, 4) is 11.5 Å². The molecule has 0 radical (unpaired) electrons. The topological polar surface area (TPSA) is 311 Å². The maximum Gasteiger partial charge on any atom is 0.331 e. The third-order valence-electron chi connectivity index (χ3n) is 10.8. The quantitative estimate of drug-likeness (QED) is 0.0834. The third kappa shape index (κ3) is 11.9. The number of aliphatic carboxylic acids is 1. The standard InChI is InChI=1S/C41H52N8O13S/c1-21(48(4)36(56)27-18-23-9-7-11-29(51)32(23)41(2,3)47-27)33(35(55)42-20-25-19-30(52)37(62-25)49-14-12-31(53)45-40(49)60)46-34(54)26(13-15-63(5)61)43-39(59)44-28(38(57)58)17-22-8-6-10-24(50)16-22/h6-12,14,16,20-21,26-28,30,33,37,47,50-52H,13,15,17-19H2,1-5H3,(H,42,55)(H,46,54)(H,57,58)(H2,43,44,59)(H,45,53,60). The van der Waals surface area contributed by atoms with Gasteiger partial charge in [0.15, 0.2) is 0 Å². The SMILES string of the molecule is CC(C(NC(=O)C(CCS(C)=O)NC(=O)NC(Cc1cccc(O)c1)C(=O)O)C(=O)NC=C1CC(O)C(n2ccc(=O)[nH]c2=O)O1)N(C)C(=O)C1Cc2cccc(O)c2C(C)(C)N1. The first-order chi connectivity index (χ1) is 29.6. The number of carbonyl (C=O) groups excluding carboxylic acids is 4. The first kappa shape index (κ1) is 47.5. The summed E-state index contributed by atoms with van der Waals surface area (Å²) in [7, 11) is -0.0413. The van der Waals surface area contributed by atoms with E-state index in [0.29, 0.717) is 11.1 Å². The van der Waals surface area contributed by atoms with E-state index in [1.165, 1.54) is 43.3 Å². The lowest BCUT2D eigenvalue weighted by Gasteiger charge is -2.41. The van der Waals surface area contributed by atoms with E-state index >= 15 is 0 Å². The maximum absolute atomic E-state index is 14.2. The number of hydrogen-bond donors (Lipinski definition) is 10. The van der Waals surface area contributed by atoms with Gasteiger partial charge in [0.2, 0.25) is 23.9 Å². The Labute approximate surface area is 363 Å². The summed E-state index contributed by atoms with van der Waals surface area (Å²) in [5.74, 6) is -3.89. The highest BCUT2D eigenvalue weighted by atomic mass is 32.2. The van der Waals surface area contributed by atoms with E-state index in [1.807, 2.05) is 0 Å². The summed E-state index contributed by atoms with van der Waals surface area (Å²) in [6, 6.07) is 4.23. The number of aliphatic hydroxyl groups is 1. The average Bonchev–Trinajstić information content (AvgIpc) is 3.58. The predicted molar refractivity (Wildman–Crippen MR) is 226 cm³/mol. The number of aromatic nitrogens is 2. The number of nitrogens with one attached hydrogen (secondary N) is 6. The zero-order valence-corrected chi connectivity index (χ0v) is 35.9. The fraction of sp³-hybridized carbons (Fsp3) is 0.439. The number of hydrogen-bond acceptors (Lipinski definition) is 13. The van der Waals surface area contributed by atoms with Gasteiger partial charge < -0.3 is 51.3 Å². The summed E-state index contributed by atoms with van der Waals surface area (Å²) in [6.07, 6.45) is 0.606. The Kier molecular flexibility index (Phi) is 15.2. The number of phenolic OH excluding ortho intramolecular Hbond substituents is 2. The fourth-order valence-corrected chi connectivity index (χ4v) is 8.13. The number of likely N-dealkylation sites (N-methyl/N-ethyl adjacent to an activating group) is 1. The van der Waals surface area contributed by atoms with E-state index in [-0.39, 0.29) is 48.7 Å². The van der Waals surface area contributed by atoms with Gasteiger partial charge in [0, 0.05) is 72.3 Å². The number of carboxylic acids is 1. The molecule has 1 fully saturated rings. The first-order valence-corrected chi connectivity index (χ1v) is 21.6. The molecule has 5 amide bonds. The van der Waals surface area contributed by atoms with Crippen molar-refractivity contribution in [2.24, 2.45) is 0 Å². The van der Waals surface area contributed by atoms with Crippen LogP contribution in [0.4, 0.5) is 4.79 Å². The van der Waals surface area contributed by atoms with Crippen LogP contribution in [-0.4, -0.2) is 124 Å². The van der Waals surface area contributed by atoms with Gasteiger partial charge >= 0.3 is 17.7 Å². The molecule has 0 bridgehead atoms. The number of aromatic amines is 1. The molecular formula is C41H52N8O13S. The van der Waals surface area contributed by atoms with Crippen LogP contribution in [-0.2, 0) is 53.1 Å². The number of amides is 5. The third-order valence-corrected chi connectivity index (χ3v) is 11.6.